The molecule has 0 aromatic heterocycles. The fourth-order valence-electron chi connectivity index (χ4n) is 0.933. The van der Waals surface area contributed by atoms with E-state index in [2.05, 4.69) is 13.8 Å². The van der Waals surface area contributed by atoms with E-state index >= 15 is 0 Å². The Hall–Kier alpha value is 0.570. The van der Waals surface area contributed by atoms with Crippen LogP contribution in [0.15, 0.2) is 0 Å². The van der Waals surface area contributed by atoms with E-state index in [0.29, 0.717) is 11.8 Å². The first kappa shape index (κ1) is 9.66. The number of hydrogen-bond acceptors (Lipinski definition) is 3. The summed E-state index contributed by atoms with van der Waals surface area (Å²) in [5, 5.41) is 0. The van der Waals surface area contributed by atoms with Crippen molar-refractivity contribution in [1.82, 2.24) is 0 Å². The third kappa shape index (κ3) is 2.83. The minimum atomic E-state index is -1.83. The van der Waals surface area contributed by atoms with Gasteiger partial charge in [-0.05, 0) is 17.7 Å². The molecule has 1 heterocycles. The fraction of sp³-hybridized carbons (Fsp3) is 1.00. The Labute approximate surface area is 73.4 Å². The molecule has 11 heavy (non-hydrogen) atoms. The molecule has 1 rings (SSSR count). The topological polar surface area (TPSA) is 18.5 Å². The molecule has 66 valence electrons. The summed E-state index contributed by atoms with van der Waals surface area (Å²) >= 11 is 5.10. The summed E-state index contributed by atoms with van der Waals surface area (Å²) in [6.07, 6.45) is 0. The maximum atomic E-state index is 5.44. The molecule has 0 amide bonds. The monoisotopic (exact) mass is 194 g/mol. The molecule has 1 fully saturated rings. The molecule has 0 saturated carbocycles. The predicted molar refractivity (Wildman–Crippen MR) is 50.4 cm³/mol. The van der Waals surface area contributed by atoms with Crippen molar-refractivity contribution >= 4 is 18.3 Å². The molecule has 2 nitrogen and oxygen atoms in total. The van der Waals surface area contributed by atoms with Gasteiger partial charge in [-0.1, -0.05) is 13.8 Å². The van der Waals surface area contributed by atoms with Crippen LogP contribution in [-0.2, 0) is 20.9 Å². The van der Waals surface area contributed by atoms with Gasteiger partial charge in [0.2, 0.25) is 0 Å². The third-order valence-corrected chi connectivity index (χ3v) is 3.86. The summed E-state index contributed by atoms with van der Waals surface area (Å²) in [7, 11) is 0. The van der Waals surface area contributed by atoms with E-state index in [4.69, 9.17) is 20.9 Å². The van der Waals surface area contributed by atoms with Crippen molar-refractivity contribution in [3.05, 3.63) is 0 Å². The molecule has 0 aliphatic carbocycles. The van der Waals surface area contributed by atoms with Crippen molar-refractivity contribution < 1.29 is 9.05 Å². The molecule has 0 radical (unpaired) electrons. The minimum Gasteiger partial charge on any atom is -0.329 e. The Kier molecular flexibility index (Phi) is 3.10. The SMILES string of the molecule is CC(C)C1COP(C)(=S)OC1. The quantitative estimate of drug-likeness (QED) is 0.596. The van der Waals surface area contributed by atoms with Crippen LogP contribution in [0.4, 0.5) is 0 Å². The van der Waals surface area contributed by atoms with Crippen molar-refractivity contribution in [2.75, 3.05) is 19.9 Å². The predicted octanol–water partition coefficient (Wildman–Crippen LogP) is 2.24. The summed E-state index contributed by atoms with van der Waals surface area (Å²) in [6.45, 7) is 5.99. The molecule has 0 spiro atoms. The van der Waals surface area contributed by atoms with Crippen molar-refractivity contribution in [3.63, 3.8) is 0 Å². The highest BCUT2D eigenvalue weighted by Crippen LogP contribution is 2.48. The maximum absolute atomic E-state index is 5.44. The Morgan fingerprint density at radius 1 is 1.36 bits per heavy atom. The molecule has 0 aromatic carbocycles. The summed E-state index contributed by atoms with van der Waals surface area (Å²) < 4.78 is 10.9. The van der Waals surface area contributed by atoms with Crippen LogP contribution in [-0.4, -0.2) is 19.9 Å². The van der Waals surface area contributed by atoms with Crippen molar-refractivity contribution in [2.45, 2.75) is 13.8 Å². The maximum Gasteiger partial charge on any atom is 0.185 e. The van der Waals surface area contributed by atoms with Gasteiger partial charge in [0.05, 0.1) is 13.2 Å². The van der Waals surface area contributed by atoms with Gasteiger partial charge in [-0.2, -0.15) is 0 Å². The number of hydrogen-bond donors (Lipinski definition) is 0. The van der Waals surface area contributed by atoms with E-state index in [1.54, 1.807) is 0 Å². The Morgan fingerprint density at radius 3 is 2.18 bits per heavy atom. The molecule has 1 saturated heterocycles. The Balaban J connectivity index is 2.42. The molecule has 0 atom stereocenters. The van der Waals surface area contributed by atoms with Crippen LogP contribution in [0, 0.1) is 11.8 Å². The number of rotatable bonds is 1. The van der Waals surface area contributed by atoms with Crippen LogP contribution in [0.2, 0.25) is 0 Å². The second kappa shape index (κ2) is 3.53. The van der Waals surface area contributed by atoms with E-state index in [0.717, 1.165) is 13.2 Å². The summed E-state index contributed by atoms with van der Waals surface area (Å²) in [6, 6.07) is 0. The van der Waals surface area contributed by atoms with E-state index in [9.17, 15) is 0 Å². The van der Waals surface area contributed by atoms with Gasteiger partial charge in [-0.3, -0.25) is 0 Å². The second-order valence-corrected chi connectivity index (χ2v) is 7.42. The van der Waals surface area contributed by atoms with Gasteiger partial charge in [-0.25, -0.2) is 0 Å². The highest BCUT2D eigenvalue weighted by atomic mass is 32.5. The summed E-state index contributed by atoms with van der Waals surface area (Å²) in [4.78, 5) is 0. The lowest BCUT2D eigenvalue weighted by molar-refractivity contribution is 0.0929. The molecule has 1 aliphatic heterocycles. The third-order valence-electron chi connectivity index (χ3n) is 1.99. The first-order valence-electron chi connectivity index (χ1n) is 3.88. The van der Waals surface area contributed by atoms with Crippen LogP contribution < -0.4 is 0 Å². The van der Waals surface area contributed by atoms with Crippen molar-refractivity contribution in [3.8, 4) is 0 Å². The van der Waals surface area contributed by atoms with Crippen LogP contribution in [0.3, 0.4) is 0 Å². The lowest BCUT2D eigenvalue weighted by Gasteiger charge is -2.31. The standard InChI is InChI=1S/C7H15O2PS/c1-6(2)7-4-8-10(3,11)9-5-7/h6-7H,4-5H2,1-3H3. The molecule has 0 aromatic rings. The zero-order valence-electron chi connectivity index (χ0n) is 7.24. The van der Waals surface area contributed by atoms with Gasteiger partial charge in [0.1, 0.15) is 0 Å². The van der Waals surface area contributed by atoms with Gasteiger partial charge in [-0.15, -0.1) is 0 Å². The molecular weight excluding hydrogens is 179 g/mol. The van der Waals surface area contributed by atoms with Gasteiger partial charge in [0.25, 0.3) is 0 Å². The van der Waals surface area contributed by atoms with Gasteiger partial charge in [0, 0.05) is 12.6 Å². The second-order valence-electron chi connectivity index (χ2n) is 3.37. The van der Waals surface area contributed by atoms with Gasteiger partial charge in [0.15, 0.2) is 6.49 Å². The summed E-state index contributed by atoms with van der Waals surface area (Å²) in [5.41, 5.74) is 0. The Morgan fingerprint density at radius 2 is 1.82 bits per heavy atom. The molecular formula is C7H15O2PS. The average molecular weight is 194 g/mol. The molecule has 1 aliphatic rings. The molecule has 0 bridgehead atoms. The zero-order valence-corrected chi connectivity index (χ0v) is 8.95. The van der Waals surface area contributed by atoms with Crippen molar-refractivity contribution in [2.24, 2.45) is 11.8 Å². The van der Waals surface area contributed by atoms with E-state index in [1.807, 2.05) is 6.66 Å². The smallest absolute Gasteiger partial charge is 0.185 e. The first-order valence-corrected chi connectivity index (χ1v) is 6.96. The van der Waals surface area contributed by atoms with Crippen LogP contribution in [0.25, 0.3) is 0 Å². The molecule has 0 unspecified atom stereocenters. The zero-order chi connectivity index (χ0) is 8.48. The molecule has 4 heteroatoms. The van der Waals surface area contributed by atoms with E-state index < -0.39 is 6.49 Å². The van der Waals surface area contributed by atoms with Crippen LogP contribution in [0.1, 0.15) is 13.8 Å². The molecule has 0 N–H and O–H groups in total. The van der Waals surface area contributed by atoms with E-state index in [-0.39, 0.29) is 0 Å². The highest BCUT2D eigenvalue weighted by molar-refractivity contribution is 8.09. The van der Waals surface area contributed by atoms with Crippen molar-refractivity contribution in [1.29, 1.82) is 0 Å². The highest BCUT2D eigenvalue weighted by Gasteiger charge is 2.25. The largest absolute Gasteiger partial charge is 0.329 e. The van der Waals surface area contributed by atoms with E-state index in [1.165, 1.54) is 0 Å². The first-order chi connectivity index (χ1) is 5.01. The normalized spacial score (nSPS) is 39.5. The summed E-state index contributed by atoms with van der Waals surface area (Å²) in [5.74, 6) is 1.16. The lowest BCUT2D eigenvalue weighted by Crippen LogP contribution is -2.25. The van der Waals surface area contributed by atoms with Gasteiger partial charge >= 0.3 is 0 Å². The minimum absolute atomic E-state index is 0.533. The fourth-order valence-corrected chi connectivity index (χ4v) is 2.30. The average Bonchev–Trinajstić information content (AvgIpc) is 1.86. The Bertz CT molecular complexity index is 169. The van der Waals surface area contributed by atoms with Gasteiger partial charge < -0.3 is 9.05 Å². The lowest BCUT2D eigenvalue weighted by atomic mass is 9.98. The van der Waals surface area contributed by atoms with Crippen LogP contribution in [0.5, 0.6) is 0 Å². The van der Waals surface area contributed by atoms with Crippen LogP contribution >= 0.6 is 6.49 Å².